The summed E-state index contributed by atoms with van der Waals surface area (Å²) in [7, 11) is 5.75. The molecule has 1 amide bonds. The first kappa shape index (κ1) is 18.3. The molecule has 3 rings (SSSR count). The van der Waals surface area contributed by atoms with E-state index in [2.05, 4.69) is 27.0 Å². The number of likely N-dealkylation sites (N-methyl/N-ethyl adjacent to an activating group) is 1. The minimum atomic E-state index is 0.0531. The van der Waals surface area contributed by atoms with Crippen LogP contribution < -0.4 is 0 Å². The summed E-state index contributed by atoms with van der Waals surface area (Å²) in [6.45, 7) is 4.97. The van der Waals surface area contributed by atoms with Gasteiger partial charge in [0.15, 0.2) is 5.82 Å². The summed E-state index contributed by atoms with van der Waals surface area (Å²) in [4.78, 5) is 23.2. The molecule has 140 valence electrons. The Morgan fingerprint density at radius 1 is 1.24 bits per heavy atom. The number of ether oxygens (including phenoxy) is 1. The van der Waals surface area contributed by atoms with E-state index >= 15 is 0 Å². The number of hydrogen-bond acceptors (Lipinski definition) is 7. The second-order valence-electron chi connectivity index (χ2n) is 7.27. The number of amides is 1. The van der Waals surface area contributed by atoms with E-state index in [0.717, 1.165) is 39.0 Å². The Morgan fingerprint density at radius 2 is 2.08 bits per heavy atom. The molecule has 0 bridgehead atoms. The number of carbonyl (C=O) groups is 1. The minimum Gasteiger partial charge on any atom is -0.384 e. The third kappa shape index (κ3) is 4.19. The summed E-state index contributed by atoms with van der Waals surface area (Å²) in [6, 6.07) is 0. The number of likely N-dealkylation sites (tertiary alicyclic amines) is 1. The smallest absolute Gasteiger partial charge is 0.240 e. The van der Waals surface area contributed by atoms with Gasteiger partial charge >= 0.3 is 0 Å². The summed E-state index contributed by atoms with van der Waals surface area (Å²) in [6.07, 6.45) is 3.20. The van der Waals surface area contributed by atoms with Crippen LogP contribution in [-0.2, 0) is 22.5 Å². The van der Waals surface area contributed by atoms with Crippen molar-refractivity contribution in [2.45, 2.75) is 37.8 Å². The van der Waals surface area contributed by atoms with Crippen molar-refractivity contribution in [2.24, 2.45) is 0 Å². The van der Waals surface area contributed by atoms with Crippen LogP contribution in [-0.4, -0.2) is 90.3 Å². The number of rotatable bonds is 5. The SMILES string of the molecule is COCCc1noc(CN2CCN(C)[C@@]3(CCC(=O)N(C)CC3)C2)n1. The van der Waals surface area contributed by atoms with Gasteiger partial charge in [-0.1, -0.05) is 5.16 Å². The number of aromatic nitrogens is 2. The fourth-order valence-corrected chi connectivity index (χ4v) is 3.82. The molecule has 0 saturated carbocycles. The lowest BCUT2D eigenvalue weighted by atomic mass is 9.86. The van der Waals surface area contributed by atoms with E-state index < -0.39 is 0 Å². The zero-order valence-corrected chi connectivity index (χ0v) is 15.5. The van der Waals surface area contributed by atoms with Gasteiger partial charge in [-0.15, -0.1) is 0 Å². The van der Waals surface area contributed by atoms with Gasteiger partial charge in [-0.05, 0) is 19.9 Å². The molecule has 0 aliphatic carbocycles. The predicted octanol–water partition coefficient (Wildman–Crippen LogP) is 0.387. The van der Waals surface area contributed by atoms with Crippen molar-refractivity contribution >= 4 is 5.91 Å². The highest BCUT2D eigenvalue weighted by Gasteiger charge is 2.41. The average Bonchev–Trinajstić information content (AvgIpc) is 3.00. The zero-order valence-electron chi connectivity index (χ0n) is 15.5. The van der Waals surface area contributed by atoms with Gasteiger partial charge in [0.25, 0.3) is 0 Å². The van der Waals surface area contributed by atoms with Crippen LogP contribution in [0.2, 0.25) is 0 Å². The molecular formula is C17H29N5O3. The lowest BCUT2D eigenvalue weighted by Gasteiger charge is -2.49. The van der Waals surface area contributed by atoms with Crippen LogP contribution >= 0.6 is 0 Å². The van der Waals surface area contributed by atoms with E-state index in [0.29, 0.717) is 37.7 Å². The number of nitrogens with zero attached hydrogens (tertiary/aromatic N) is 5. The van der Waals surface area contributed by atoms with Gasteiger partial charge in [0, 0.05) is 58.7 Å². The van der Waals surface area contributed by atoms with Crippen molar-refractivity contribution in [3.05, 3.63) is 11.7 Å². The molecule has 0 radical (unpaired) electrons. The molecule has 1 spiro atoms. The van der Waals surface area contributed by atoms with Crippen LogP contribution in [0.4, 0.5) is 0 Å². The fraction of sp³-hybridized carbons (Fsp3) is 0.824. The lowest BCUT2D eigenvalue weighted by molar-refractivity contribution is -0.129. The van der Waals surface area contributed by atoms with Gasteiger partial charge in [0.05, 0.1) is 13.2 Å². The number of methoxy groups -OCH3 is 1. The molecule has 0 aromatic carbocycles. The maximum absolute atomic E-state index is 12.1. The molecule has 8 heteroatoms. The van der Waals surface area contributed by atoms with Gasteiger partial charge < -0.3 is 14.2 Å². The Hall–Kier alpha value is -1.51. The van der Waals surface area contributed by atoms with E-state index in [1.807, 2.05) is 11.9 Å². The maximum atomic E-state index is 12.1. The third-order valence-electron chi connectivity index (χ3n) is 5.62. The first-order chi connectivity index (χ1) is 12.0. The monoisotopic (exact) mass is 351 g/mol. The molecule has 2 aliphatic heterocycles. The Kier molecular flexibility index (Phi) is 5.71. The molecule has 25 heavy (non-hydrogen) atoms. The largest absolute Gasteiger partial charge is 0.384 e. The molecule has 0 N–H and O–H groups in total. The van der Waals surface area contributed by atoms with Gasteiger partial charge in [0.2, 0.25) is 11.8 Å². The molecule has 3 heterocycles. The van der Waals surface area contributed by atoms with Crippen molar-refractivity contribution in [2.75, 3.05) is 54.0 Å². The Labute approximate surface area is 149 Å². The lowest BCUT2D eigenvalue weighted by Crippen LogP contribution is -2.60. The first-order valence-electron chi connectivity index (χ1n) is 9.00. The van der Waals surface area contributed by atoms with Gasteiger partial charge in [-0.3, -0.25) is 14.6 Å². The van der Waals surface area contributed by atoms with Crippen LogP contribution in [0.15, 0.2) is 4.52 Å². The summed E-state index contributed by atoms with van der Waals surface area (Å²) < 4.78 is 10.4. The molecule has 0 unspecified atom stereocenters. The van der Waals surface area contributed by atoms with Crippen LogP contribution in [0.5, 0.6) is 0 Å². The number of hydrogen-bond donors (Lipinski definition) is 0. The molecule has 1 atom stereocenters. The predicted molar refractivity (Wildman–Crippen MR) is 92.0 cm³/mol. The summed E-state index contributed by atoms with van der Waals surface area (Å²) in [5, 5.41) is 4.02. The first-order valence-corrected chi connectivity index (χ1v) is 9.00. The van der Waals surface area contributed by atoms with Crippen molar-refractivity contribution in [3.63, 3.8) is 0 Å². The quantitative estimate of drug-likeness (QED) is 0.759. The number of carbonyl (C=O) groups excluding carboxylic acids is 1. The van der Waals surface area contributed by atoms with Gasteiger partial charge in [0.1, 0.15) is 0 Å². The van der Waals surface area contributed by atoms with Gasteiger partial charge in [-0.2, -0.15) is 4.98 Å². The van der Waals surface area contributed by atoms with E-state index in [1.165, 1.54) is 0 Å². The van der Waals surface area contributed by atoms with Crippen molar-refractivity contribution in [1.29, 1.82) is 0 Å². The van der Waals surface area contributed by atoms with Crippen LogP contribution in [0.25, 0.3) is 0 Å². The second kappa shape index (κ2) is 7.80. The Morgan fingerprint density at radius 3 is 2.88 bits per heavy atom. The fourth-order valence-electron chi connectivity index (χ4n) is 3.82. The normalized spacial score (nSPS) is 26.4. The molecule has 2 fully saturated rings. The van der Waals surface area contributed by atoms with Crippen LogP contribution in [0.3, 0.4) is 0 Å². The highest BCUT2D eigenvalue weighted by Crippen LogP contribution is 2.32. The summed E-state index contributed by atoms with van der Waals surface area (Å²) in [5.41, 5.74) is 0.0531. The average molecular weight is 351 g/mol. The summed E-state index contributed by atoms with van der Waals surface area (Å²) >= 11 is 0. The standard InChI is InChI=1S/C17H29N5O3/c1-20-8-7-17(6-4-16(20)23)13-22(10-9-21(17)2)12-15-18-14(19-25-15)5-11-24-3/h4-13H2,1-3H3/t17-/m1/s1. The zero-order chi connectivity index (χ0) is 17.9. The van der Waals surface area contributed by atoms with Crippen LogP contribution in [0.1, 0.15) is 31.0 Å². The molecule has 1 aromatic heterocycles. The Bertz CT molecular complexity index is 593. The Balaban J connectivity index is 1.64. The topological polar surface area (TPSA) is 74.9 Å². The maximum Gasteiger partial charge on any atom is 0.240 e. The van der Waals surface area contributed by atoms with Gasteiger partial charge in [-0.25, -0.2) is 0 Å². The van der Waals surface area contributed by atoms with Crippen molar-refractivity contribution in [3.8, 4) is 0 Å². The third-order valence-corrected chi connectivity index (χ3v) is 5.62. The van der Waals surface area contributed by atoms with Crippen LogP contribution in [0, 0.1) is 0 Å². The molecule has 8 nitrogen and oxygen atoms in total. The van der Waals surface area contributed by atoms with E-state index in [-0.39, 0.29) is 11.4 Å². The summed E-state index contributed by atoms with van der Waals surface area (Å²) in [5.74, 6) is 1.61. The molecule has 2 aliphatic rings. The second-order valence-corrected chi connectivity index (χ2v) is 7.27. The molecule has 1 aromatic rings. The highest BCUT2D eigenvalue weighted by molar-refractivity contribution is 5.76. The van der Waals surface area contributed by atoms with Crippen molar-refractivity contribution < 1.29 is 14.1 Å². The minimum absolute atomic E-state index is 0.0531. The molecule has 2 saturated heterocycles. The number of piperazine rings is 1. The van der Waals surface area contributed by atoms with E-state index in [9.17, 15) is 4.79 Å². The van der Waals surface area contributed by atoms with E-state index in [4.69, 9.17) is 9.26 Å². The highest BCUT2D eigenvalue weighted by atomic mass is 16.5. The van der Waals surface area contributed by atoms with Crippen molar-refractivity contribution in [1.82, 2.24) is 24.8 Å². The van der Waals surface area contributed by atoms with E-state index in [1.54, 1.807) is 7.11 Å². The molecular weight excluding hydrogens is 322 g/mol.